The molecule has 0 saturated heterocycles. The molecule has 0 saturated carbocycles. The van der Waals surface area contributed by atoms with Gasteiger partial charge in [0.1, 0.15) is 12.4 Å². The zero-order chi connectivity index (χ0) is 16.4. The summed E-state index contributed by atoms with van der Waals surface area (Å²) in [4.78, 5) is 24.7. The van der Waals surface area contributed by atoms with E-state index in [1.165, 1.54) is 17.8 Å². The number of fused-ring (bicyclic) bond motifs is 1. The fourth-order valence-electron chi connectivity index (χ4n) is 2.18. The number of nitrogens with one attached hydrogen (secondary N) is 1. The van der Waals surface area contributed by atoms with Crippen LogP contribution in [-0.2, 0) is 16.1 Å². The van der Waals surface area contributed by atoms with Crippen molar-refractivity contribution in [2.45, 2.75) is 23.7 Å². The van der Waals surface area contributed by atoms with Crippen LogP contribution in [0.3, 0.4) is 0 Å². The van der Waals surface area contributed by atoms with Crippen LogP contribution in [0.2, 0.25) is 0 Å². The number of hydrogen-bond acceptors (Lipinski definition) is 4. The van der Waals surface area contributed by atoms with Crippen LogP contribution in [0, 0.1) is 5.82 Å². The lowest BCUT2D eigenvalue weighted by atomic mass is 10.2. The van der Waals surface area contributed by atoms with Crippen molar-refractivity contribution in [3.05, 3.63) is 59.4 Å². The van der Waals surface area contributed by atoms with E-state index in [-0.39, 0.29) is 17.8 Å². The van der Waals surface area contributed by atoms with E-state index in [0.29, 0.717) is 16.8 Å². The van der Waals surface area contributed by atoms with Gasteiger partial charge in [-0.1, -0.05) is 18.2 Å². The molecule has 2 aromatic carbocycles. The first-order chi connectivity index (χ1) is 11.0. The minimum atomic E-state index is -0.561. The van der Waals surface area contributed by atoms with Gasteiger partial charge in [-0.2, -0.15) is 0 Å². The molecule has 3 rings (SSSR count). The quantitative estimate of drug-likeness (QED) is 0.873. The fourth-order valence-corrected chi connectivity index (χ4v) is 3.11. The molecule has 0 aliphatic carbocycles. The first-order valence-corrected chi connectivity index (χ1v) is 7.94. The maximum Gasteiger partial charge on any atom is 0.338 e. The van der Waals surface area contributed by atoms with Crippen LogP contribution in [0.25, 0.3) is 0 Å². The van der Waals surface area contributed by atoms with Crippen molar-refractivity contribution in [2.75, 3.05) is 5.32 Å². The average molecular weight is 331 g/mol. The lowest BCUT2D eigenvalue weighted by molar-refractivity contribution is -0.115. The second-order valence-corrected chi connectivity index (χ2v) is 6.51. The highest BCUT2D eigenvalue weighted by molar-refractivity contribution is 8.00. The number of halogens is 1. The lowest BCUT2D eigenvalue weighted by Crippen LogP contribution is -2.26. The Balaban J connectivity index is 1.72. The molecule has 1 aliphatic rings. The van der Waals surface area contributed by atoms with Crippen LogP contribution < -0.4 is 5.32 Å². The van der Waals surface area contributed by atoms with Gasteiger partial charge in [0.05, 0.1) is 16.5 Å². The second-order valence-electron chi connectivity index (χ2n) is 5.13. The maximum atomic E-state index is 13.5. The summed E-state index contributed by atoms with van der Waals surface area (Å²) >= 11 is 1.44. The van der Waals surface area contributed by atoms with Crippen molar-refractivity contribution in [3.8, 4) is 0 Å². The topological polar surface area (TPSA) is 55.4 Å². The third-order valence-electron chi connectivity index (χ3n) is 3.46. The van der Waals surface area contributed by atoms with Gasteiger partial charge in [-0.25, -0.2) is 9.18 Å². The highest BCUT2D eigenvalue weighted by Crippen LogP contribution is 2.36. The Morgan fingerprint density at radius 3 is 2.87 bits per heavy atom. The van der Waals surface area contributed by atoms with E-state index in [2.05, 4.69) is 5.32 Å². The Morgan fingerprint density at radius 2 is 2.09 bits per heavy atom. The number of esters is 1. The van der Waals surface area contributed by atoms with E-state index in [4.69, 9.17) is 4.74 Å². The summed E-state index contributed by atoms with van der Waals surface area (Å²) < 4.78 is 18.6. The Hall–Kier alpha value is -2.34. The molecular formula is C17H14FNO3S. The summed E-state index contributed by atoms with van der Waals surface area (Å²) in [5, 5.41) is 2.59. The number of ether oxygens (including phenoxy) is 1. The standard InChI is InChI=1S/C17H14FNO3S/c1-10-16(20)19-14-8-11(6-7-15(14)23-10)17(21)22-9-12-4-2-3-5-13(12)18/h2-8,10H,9H2,1H3,(H,19,20)/t10-/m0/s1. The zero-order valence-corrected chi connectivity index (χ0v) is 13.2. The van der Waals surface area contributed by atoms with Gasteiger partial charge in [-0.3, -0.25) is 4.79 Å². The molecule has 2 aromatic rings. The van der Waals surface area contributed by atoms with E-state index in [1.54, 1.807) is 36.4 Å². The predicted molar refractivity (Wildman–Crippen MR) is 85.9 cm³/mol. The molecule has 1 heterocycles. The number of thioether (sulfide) groups is 1. The van der Waals surface area contributed by atoms with Gasteiger partial charge in [0.25, 0.3) is 0 Å². The molecule has 0 unspecified atom stereocenters. The molecule has 1 aliphatic heterocycles. The van der Waals surface area contributed by atoms with Crippen molar-refractivity contribution < 1.29 is 18.7 Å². The van der Waals surface area contributed by atoms with Crippen molar-refractivity contribution in [3.63, 3.8) is 0 Å². The molecule has 23 heavy (non-hydrogen) atoms. The molecule has 0 radical (unpaired) electrons. The van der Waals surface area contributed by atoms with E-state index in [0.717, 1.165) is 4.90 Å². The second kappa shape index (κ2) is 6.42. The molecule has 1 amide bonds. The summed E-state index contributed by atoms with van der Waals surface area (Å²) in [5.41, 5.74) is 1.23. The van der Waals surface area contributed by atoms with Crippen molar-refractivity contribution in [1.29, 1.82) is 0 Å². The highest BCUT2D eigenvalue weighted by Gasteiger charge is 2.24. The van der Waals surface area contributed by atoms with Crippen molar-refractivity contribution in [2.24, 2.45) is 0 Å². The molecule has 0 spiro atoms. The third kappa shape index (κ3) is 3.37. The van der Waals surface area contributed by atoms with Gasteiger partial charge in [0.15, 0.2) is 0 Å². The summed E-state index contributed by atoms with van der Waals surface area (Å²) in [6.07, 6.45) is 0. The largest absolute Gasteiger partial charge is 0.457 e. The molecule has 1 atom stereocenters. The van der Waals surface area contributed by atoms with Crippen molar-refractivity contribution >= 4 is 29.3 Å². The third-order valence-corrected chi connectivity index (χ3v) is 4.64. The van der Waals surface area contributed by atoms with E-state index < -0.39 is 11.8 Å². The highest BCUT2D eigenvalue weighted by atomic mass is 32.2. The molecular weight excluding hydrogens is 317 g/mol. The Bertz CT molecular complexity index is 778. The van der Waals surface area contributed by atoms with Gasteiger partial charge < -0.3 is 10.1 Å². The predicted octanol–water partition coefficient (Wildman–Crippen LogP) is 3.62. The summed E-state index contributed by atoms with van der Waals surface area (Å²) in [7, 11) is 0. The lowest BCUT2D eigenvalue weighted by Gasteiger charge is -2.21. The summed E-state index contributed by atoms with van der Waals surface area (Å²) in [6, 6.07) is 11.1. The van der Waals surface area contributed by atoms with E-state index in [1.807, 2.05) is 6.92 Å². The van der Waals surface area contributed by atoms with Gasteiger partial charge in [0.2, 0.25) is 5.91 Å². The number of anilines is 1. The first-order valence-electron chi connectivity index (χ1n) is 7.06. The minimum absolute atomic E-state index is 0.0978. The van der Waals surface area contributed by atoms with Crippen LogP contribution in [0.4, 0.5) is 10.1 Å². The van der Waals surface area contributed by atoms with E-state index in [9.17, 15) is 14.0 Å². The van der Waals surface area contributed by atoms with Gasteiger partial charge >= 0.3 is 5.97 Å². The first kappa shape index (κ1) is 15.6. The Kier molecular flexibility index (Phi) is 4.34. The van der Waals surface area contributed by atoms with Crippen LogP contribution in [-0.4, -0.2) is 17.1 Å². The SMILES string of the molecule is C[C@@H]1Sc2ccc(C(=O)OCc3ccccc3F)cc2NC1=O. The van der Waals surface area contributed by atoms with Crippen LogP contribution in [0.15, 0.2) is 47.4 Å². The van der Waals surface area contributed by atoms with Gasteiger partial charge in [0, 0.05) is 10.5 Å². The number of amides is 1. The van der Waals surface area contributed by atoms with Crippen molar-refractivity contribution in [1.82, 2.24) is 0 Å². The number of carbonyl (C=O) groups is 2. The molecule has 0 aromatic heterocycles. The Morgan fingerprint density at radius 1 is 1.30 bits per heavy atom. The number of hydrogen-bond donors (Lipinski definition) is 1. The maximum absolute atomic E-state index is 13.5. The smallest absolute Gasteiger partial charge is 0.338 e. The van der Waals surface area contributed by atoms with Crippen LogP contribution in [0.1, 0.15) is 22.8 Å². The molecule has 0 bridgehead atoms. The molecule has 118 valence electrons. The van der Waals surface area contributed by atoms with Crippen LogP contribution in [0.5, 0.6) is 0 Å². The monoisotopic (exact) mass is 331 g/mol. The zero-order valence-electron chi connectivity index (χ0n) is 12.3. The minimum Gasteiger partial charge on any atom is -0.457 e. The number of carbonyl (C=O) groups excluding carboxylic acids is 2. The average Bonchev–Trinajstić information content (AvgIpc) is 2.54. The number of rotatable bonds is 3. The van der Waals surface area contributed by atoms with E-state index >= 15 is 0 Å². The van der Waals surface area contributed by atoms with Crippen LogP contribution >= 0.6 is 11.8 Å². The summed E-state index contributed by atoms with van der Waals surface area (Å²) in [6.45, 7) is 1.68. The molecule has 0 fully saturated rings. The molecule has 6 heteroatoms. The Labute approximate surface area is 137 Å². The molecule has 4 nitrogen and oxygen atoms in total. The van der Waals surface area contributed by atoms with Gasteiger partial charge in [-0.05, 0) is 31.2 Å². The number of benzene rings is 2. The molecule has 1 N–H and O–H groups in total. The fraction of sp³-hybridized carbons (Fsp3) is 0.176. The van der Waals surface area contributed by atoms with Gasteiger partial charge in [-0.15, -0.1) is 11.8 Å². The summed E-state index contributed by atoms with van der Waals surface area (Å²) in [5.74, 6) is -1.07. The normalized spacial score (nSPS) is 16.4.